The molecule has 1 saturated heterocycles. The van der Waals surface area contributed by atoms with E-state index in [4.69, 9.17) is 5.11 Å². The van der Waals surface area contributed by atoms with Gasteiger partial charge in [-0.1, -0.05) is 15.9 Å². The Kier molecular flexibility index (Phi) is 3.63. The fourth-order valence-corrected chi connectivity index (χ4v) is 3.53. The van der Waals surface area contributed by atoms with E-state index < -0.39 is 15.8 Å². The Labute approximate surface area is 113 Å². The van der Waals surface area contributed by atoms with Crippen LogP contribution < -0.4 is 4.90 Å². The lowest BCUT2D eigenvalue weighted by atomic mass is 10.2. The first-order valence-corrected chi connectivity index (χ1v) is 7.98. The van der Waals surface area contributed by atoms with E-state index in [1.54, 1.807) is 12.1 Å². The van der Waals surface area contributed by atoms with Crippen LogP contribution in [-0.2, 0) is 9.84 Å². The van der Waals surface area contributed by atoms with Crippen molar-refractivity contribution in [3.63, 3.8) is 0 Å². The number of carbonyl (C=O) groups is 1. The number of carboxylic acid groups (broad SMARTS) is 1. The predicted octanol–water partition coefficient (Wildman–Crippen LogP) is 1.38. The zero-order valence-electron chi connectivity index (χ0n) is 9.47. The standard InChI is InChI=1S/C11H12BrNO4S/c12-9-5-8(11(14)15)6-10(7-9)13-1-3-18(16,17)4-2-13/h5-7H,1-4H2,(H,14,15). The minimum absolute atomic E-state index is 0.113. The Morgan fingerprint density at radius 1 is 1.22 bits per heavy atom. The van der Waals surface area contributed by atoms with Crippen LogP contribution in [0.5, 0.6) is 0 Å². The molecule has 18 heavy (non-hydrogen) atoms. The molecule has 0 radical (unpaired) electrons. The molecule has 1 aliphatic rings. The number of anilines is 1. The zero-order valence-corrected chi connectivity index (χ0v) is 11.9. The van der Waals surface area contributed by atoms with Crippen molar-refractivity contribution in [1.29, 1.82) is 0 Å². The molecule has 0 atom stereocenters. The maximum Gasteiger partial charge on any atom is 0.335 e. The van der Waals surface area contributed by atoms with Gasteiger partial charge in [-0.25, -0.2) is 13.2 Å². The summed E-state index contributed by atoms with van der Waals surface area (Å²) in [5.41, 5.74) is 0.921. The number of rotatable bonds is 2. The first-order valence-electron chi connectivity index (χ1n) is 5.37. The second-order valence-electron chi connectivity index (χ2n) is 4.14. The number of sulfone groups is 1. The molecule has 0 aliphatic carbocycles. The second-order valence-corrected chi connectivity index (χ2v) is 7.36. The lowest BCUT2D eigenvalue weighted by Gasteiger charge is -2.29. The minimum atomic E-state index is -2.93. The molecule has 1 aromatic carbocycles. The first kappa shape index (κ1) is 13.4. The summed E-state index contributed by atoms with van der Waals surface area (Å²) >= 11 is 3.26. The molecule has 1 heterocycles. The highest BCUT2D eigenvalue weighted by atomic mass is 79.9. The highest BCUT2D eigenvalue weighted by Gasteiger charge is 2.22. The first-order chi connectivity index (χ1) is 8.37. The van der Waals surface area contributed by atoms with Gasteiger partial charge in [0, 0.05) is 23.2 Å². The molecule has 0 aromatic heterocycles. The van der Waals surface area contributed by atoms with Gasteiger partial charge in [-0.3, -0.25) is 0 Å². The Bertz CT molecular complexity index is 571. The van der Waals surface area contributed by atoms with E-state index in [0.29, 0.717) is 17.6 Å². The summed E-state index contributed by atoms with van der Waals surface area (Å²) in [6.07, 6.45) is 0. The summed E-state index contributed by atoms with van der Waals surface area (Å²) in [6.45, 7) is 0.801. The van der Waals surface area contributed by atoms with E-state index in [0.717, 1.165) is 5.69 Å². The molecule has 0 spiro atoms. The predicted molar refractivity (Wildman–Crippen MR) is 72.0 cm³/mol. The number of nitrogens with zero attached hydrogens (tertiary/aromatic N) is 1. The van der Waals surface area contributed by atoms with E-state index in [-0.39, 0.29) is 17.1 Å². The normalized spacial score (nSPS) is 18.6. The van der Waals surface area contributed by atoms with Gasteiger partial charge in [0.2, 0.25) is 0 Å². The van der Waals surface area contributed by atoms with E-state index in [1.807, 2.05) is 4.90 Å². The second kappa shape index (κ2) is 4.89. The van der Waals surface area contributed by atoms with Crippen LogP contribution >= 0.6 is 15.9 Å². The van der Waals surface area contributed by atoms with E-state index in [1.165, 1.54) is 6.07 Å². The number of benzene rings is 1. The van der Waals surface area contributed by atoms with Gasteiger partial charge in [0.05, 0.1) is 17.1 Å². The molecule has 5 nitrogen and oxygen atoms in total. The van der Waals surface area contributed by atoms with Crippen molar-refractivity contribution in [3.05, 3.63) is 28.2 Å². The van der Waals surface area contributed by atoms with Gasteiger partial charge in [-0.2, -0.15) is 0 Å². The Morgan fingerprint density at radius 2 is 1.83 bits per heavy atom. The van der Waals surface area contributed by atoms with Crippen molar-refractivity contribution >= 4 is 37.4 Å². The maximum atomic E-state index is 11.3. The number of aromatic carboxylic acids is 1. The minimum Gasteiger partial charge on any atom is -0.478 e. The highest BCUT2D eigenvalue weighted by molar-refractivity contribution is 9.10. The van der Waals surface area contributed by atoms with Crippen LogP contribution in [0.4, 0.5) is 5.69 Å². The maximum absolute atomic E-state index is 11.3. The average Bonchev–Trinajstić information content (AvgIpc) is 2.28. The van der Waals surface area contributed by atoms with Gasteiger partial charge >= 0.3 is 5.97 Å². The Morgan fingerprint density at radius 3 is 2.39 bits per heavy atom. The number of hydrogen-bond donors (Lipinski definition) is 1. The molecule has 98 valence electrons. The monoisotopic (exact) mass is 333 g/mol. The van der Waals surface area contributed by atoms with Gasteiger partial charge in [0.25, 0.3) is 0 Å². The quantitative estimate of drug-likeness (QED) is 0.884. The smallest absolute Gasteiger partial charge is 0.335 e. The molecule has 2 rings (SSSR count). The molecular weight excluding hydrogens is 322 g/mol. The van der Waals surface area contributed by atoms with Gasteiger partial charge in [0.15, 0.2) is 9.84 Å². The van der Waals surface area contributed by atoms with Crippen molar-refractivity contribution in [2.75, 3.05) is 29.5 Å². The summed E-state index contributed by atoms with van der Waals surface area (Å²) in [7, 11) is -2.93. The lowest BCUT2D eigenvalue weighted by molar-refractivity contribution is 0.0697. The molecule has 7 heteroatoms. The fourth-order valence-electron chi connectivity index (χ4n) is 1.85. The molecule has 0 saturated carbocycles. The average molecular weight is 334 g/mol. The zero-order chi connectivity index (χ0) is 13.3. The summed E-state index contributed by atoms with van der Waals surface area (Å²) in [6, 6.07) is 4.88. The van der Waals surface area contributed by atoms with Crippen LogP contribution in [0.1, 0.15) is 10.4 Å². The van der Waals surface area contributed by atoms with E-state index in [9.17, 15) is 13.2 Å². The van der Waals surface area contributed by atoms with Crippen LogP contribution in [0.2, 0.25) is 0 Å². The van der Waals surface area contributed by atoms with E-state index in [2.05, 4.69) is 15.9 Å². The third kappa shape index (κ3) is 3.02. The van der Waals surface area contributed by atoms with Crippen LogP contribution in [0.25, 0.3) is 0 Å². The molecule has 1 aromatic rings. The van der Waals surface area contributed by atoms with Crippen molar-refractivity contribution in [3.8, 4) is 0 Å². The van der Waals surface area contributed by atoms with Crippen molar-refractivity contribution in [2.24, 2.45) is 0 Å². The molecular formula is C11H12BrNO4S. The van der Waals surface area contributed by atoms with Crippen molar-refractivity contribution in [1.82, 2.24) is 0 Å². The van der Waals surface area contributed by atoms with Gasteiger partial charge in [0.1, 0.15) is 0 Å². The number of halogens is 1. The van der Waals surface area contributed by atoms with Crippen molar-refractivity contribution in [2.45, 2.75) is 0 Å². The molecule has 1 N–H and O–H groups in total. The summed E-state index contributed by atoms with van der Waals surface area (Å²) < 4.78 is 23.4. The van der Waals surface area contributed by atoms with E-state index >= 15 is 0 Å². The van der Waals surface area contributed by atoms with Gasteiger partial charge in [-0.05, 0) is 18.2 Å². The van der Waals surface area contributed by atoms with Gasteiger partial charge < -0.3 is 10.0 Å². The highest BCUT2D eigenvalue weighted by Crippen LogP contribution is 2.24. The number of carboxylic acids is 1. The van der Waals surface area contributed by atoms with Crippen LogP contribution in [0.3, 0.4) is 0 Å². The summed E-state index contributed by atoms with van der Waals surface area (Å²) in [4.78, 5) is 12.8. The molecule has 0 amide bonds. The van der Waals surface area contributed by atoms with Gasteiger partial charge in [-0.15, -0.1) is 0 Å². The Balaban J connectivity index is 2.26. The summed E-state index contributed by atoms with van der Waals surface area (Å²) in [5.74, 6) is -0.772. The number of hydrogen-bond acceptors (Lipinski definition) is 4. The Hall–Kier alpha value is -1.08. The SMILES string of the molecule is O=C(O)c1cc(Br)cc(N2CCS(=O)(=O)CC2)c1. The third-order valence-corrected chi connectivity index (χ3v) is 4.91. The topological polar surface area (TPSA) is 74.7 Å². The van der Waals surface area contributed by atoms with Crippen LogP contribution in [0, 0.1) is 0 Å². The van der Waals surface area contributed by atoms with Crippen LogP contribution in [0.15, 0.2) is 22.7 Å². The third-order valence-electron chi connectivity index (χ3n) is 2.84. The molecule has 1 aliphatic heterocycles. The molecule has 1 fully saturated rings. The molecule has 0 bridgehead atoms. The van der Waals surface area contributed by atoms with Crippen LogP contribution in [-0.4, -0.2) is 44.1 Å². The lowest BCUT2D eigenvalue weighted by Crippen LogP contribution is -2.40. The fraction of sp³-hybridized carbons (Fsp3) is 0.364. The van der Waals surface area contributed by atoms with Crippen molar-refractivity contribution < 1.29 is 18.3 Å². The largest absolute Gasteiger partial charge is 0.478 e. The molecule has 0 unspecified atom stereocenters. The summed E-state index contributed by atoms with van der Waals surface area (Å²) in [5, 5.41) is 8.98.